The van der Waals surface area contributed by atoms with E-state index in [0.29, 0.717) is 52.7 Å². The van der Waals surface area contributed by atoms with Gasteiger partial charge >= 0.3 is 5.97 Å². The summed E-state index contributed by atoms with van der Waals surface area (Å²) >= 11 is 1.22. The molecule has 10 nitrogen and oxygen atoms in total. The number of nitrogens with zero attached hydrogens (tertiary/aromatic N) is 4. The number of esters is 1. The molecule has 38 heavy (non-hydrogen) atoms. The molecule has 0 bridgehead atoms. The molecule has 0 radical (unpaired) electrons. The molecule has 0 aliphatic heterocycles. The maximum absolute atomic E-state index is 13.1. The lowest BCUT2D eigenvalue weighted by Crippen LogP contribution is -2.25. The zero-order valence-corrected chi connectivity index (χ0v) is 22.6. The van der Waals surface area contributed by atoms with Gasteiger partial charge in [-0.2, -0.15) is 4.98 Å². The molecule has 3 heterocycles. The molecule has 200 valence electrons. The van der Waals surface area contributed by atoms with Crippen LogP contribution in [-0.4, -0.2) is 51.1 Å². The summed E-state index contributed by atoms with van der Waals surface area (Å²) in [5.41, 5.74) is 7.18. The van der Waals surface area contributed by atoms with Crippen LogP contribution in [0, 0.1) is 13.8 Å². The molecular weight excluding hydrogens is 504 g/mol. The number of aromatic nitrogens is 4. The smallest absolute Gasteiger partial charge is 0.350 e. The number of nitrogens with two attached hydrogens (primary N) is 1. The molecule has 0 amide bonds. The zero-order valence-electron chi connectivity index (χ0n) is 21.8. The van der Waals surface area contributed by atoms with Crippen LogP contribution in [0.25, 0.3) is 22.2 Å². The number of hydrogen-bond donors (Lipinski definition) is 2. The molecule has 4 aromatic rings. The van der Waals surface area contributed by atoms with Crippen LogP contribution < -0.4 is 11.1 Å². The molecule has 1 aromatic carbocycles. The van der Waals surface area contributed by atoms with Crippen molar-refractivity contribution in [2.24, 2.45) is 5.73 Å². The number of aryl methyl sites for hydroxylation is 2. The van der Waals surface area contributed by atoms with Gasteiger partial charge in [0.25, 0.3) is 0 Å². The molecule has 4 rings (SSSR count). The van der Waals surface area contributed by atoms with E-state index in [2.05, 4.69) is 25.4 Å². The van der Waals surface area contributed by atoms with Gasteiger partial charge in [0.05, 0.1) is 18.7 Å². The van der Waals surface area contributed by atoms with Crippen molar-refractivity contribution in [2.45, 2.75) is 58.9 Å². The van der Waals surface area contributed by atoms with E-state index in [9.17, 15) is 9.59 Å². The Bertz CT molecular complexity index is 1420. The number of Topliss-reactive ketones (excluding diaryl/α,β-unsaturated/α-hetero) is 1. The highest BCUT2D eigenvalue weighted by Crippen LogP contribution is 2.28. The average molecular weight is 537 g/mol. The Labute approximate surface area is 225 Å². The van der Waals surface area contributed by atoms with E-state index in [1.54, 1.807) is 20.0 Å². The first kappa shape index (κ1) is 27.3. The van der Waals surface area contributed by atoms with Gasteiger partial charge in [0, 0.05) is 36.5 Å². The number of benzene rings is 1. The summed E-state index contributed by atoms with van der Waals surface area (Å²) in [4.78, 5) is 39.1. The number of pyridine rings is 1. The maximum atomic E-state index is 13.1. The highest BCUT2D eigenvalue weighted by atomic mass is 32.1. The van der Waals surface area contributed by atoms with Crippen LogP contribution in [0.3, 0.4) is 0 Å². The molecule has 0 unspecified atom stereocenters. The quantitative estimate of drug-likeness (QED) is 0.232. The normalized spacial score (nSPS) is 12.0. The highest BCUT2D eigenvalue weighted by Gasteiger charge is 2.21. The number of fused-ring (bicyclic) bond motifs is 1. The van der Waals surface area contributed by atoms with Gasteiger partial charge < -0.3 is 20.3 Å². The topological polar surface area (TPSA) is 146 Å². The summed E-state index contributed by atoms with van der Waals surface area (Å²) in [6.45, 7) is 6.32. The van der Waals surface area contributed by atoms with Crippen LogP contribution in [-0.2, 0) is 16.0 Å². The lowest BCUT2D eigenvalue weighted by Gasteiger charge is -2.19. The Morgan fingerprint density at radius 1 is 1.21 bits per heavy atom. The lowest BCUT2D eigenvalue weighted by atomic mass is 10.0. The third kappa shape index (κ3) is 6.78. The van der Waals surface area contributed by atoms with Gasteiger partial charge in [0.15, 0.2) is 0 Å². The number of carbonyl (C=O) groups is 2. The SMILES string of the molecule is CCCOC(=O)c1sc(CC(=O)C[C@H](CCCN)Nc2nccc3ccc(-c4noc(C)n4)cc23)nc1C. The van der Waals surface area contributed by atoms with Crippen molar-refractivity contribution in [2.75, 3.05) is 18.5 Å². The molecule has 3 aromatic heterocycles. The fourth-order valence-electron chi connectivity index (χ4n) is 4.12. The minimum atomic E-state index is -0.389. The zero-order chi connectivity index (χ0) is 27.1. The monoisotopic (exact) mass is 536 g/mol. The molecule has 0 saturated heterocycles. The van der Waals surface area contributed by atoms with Crippen molar-refractivity contribution >= 4 is 39.7 Å². The number of ether oxygens (including phenoxy) is 1. The summed E-state index contributed by atoms with van der Waals surface area (Å²) in [6.07, 6.45) is 4.37. The fraction of sp³-hybridized carbons (Fsp3) is 0.407. The van der Waals surface area contributed by atoms with E-state index >= 15 is 0 Å². The van der Waals surface area contributed by atoms with Crippen LogP contribution in [0.5, 0.6) is 0 Å². The van der Waals surface area contributed by atoms with E-state index in [1.165, 1.54) is 11.3 Å². The summed E-state index contributed by atoms with van der Waals surface area (Å²) in [6, 6.07) is 7.65. The number of rotatable bonds is 13. The number of hydrogen-bond acceptors (Lipinski definition) is 11. The van der Waals surface area contributed by atoms with Crippen molar-refractivity contribution in [3.63, 3.8) is 0 Å². The lowest BCUT2D eigenvalue weighted by molar-refractivity contribution is -0.118. The van der Waals surface area contributed by atoms with Crippen molar-refractivity contribution in [3.8, 4) is 11.4 Å². The molecular formula is C27H32N6O4S. The number of ketones is 1. The first-order valence-electron chi connectivity index (χ1n) is 12.7. The van der Waals surface area contributed by atoms with Crippen molar-refractivity contribution in [1.82, 2.24) is 20.1 Å². The van der Waals surface area contributed by atoms with E-state index in [-0.39, 0.29) is 30.6 Å². The molecule has 1 atom stereocenters. The number of carbonyl (C=O) groups excluding carboxylic acids is 2. The summed E-state index contributed by atoms with van der Waals surface area (Å²) < 4.78 is 10.4. The number of thiazole rings is 1. The molecule has 0 fully saturated rings. The van der Waals surface area contributed by atoms with E-state index < -0.39 is 0 Å². The molecule has 3 N–H and O–H groups in total. The van der Waals surface area contributed by atoms with Gasteiger partial charge in [-0.1, -0.05) is 24.2 Å². The maximum Gasteiger partial charge on any atom is 0.350 e. The largest absolute Gasteiger partial charge is 0.461 e. The van der Waals surface area contributed by atoms with E-state index in [4.69, 9.17) is 15.0 Å². The first-order valence-corrected chi connectivity index (χ1v) is 13.5. The van der Waals surface area contributed by atoms with Gasteiger partial charge in [-0.25, -0.2) is 14.8 Å². The fourth-order valence-corrected chi connectivity index (χ4v) is 5.10. The van der Waals surface area contributed by atoms with E-state index in [1.807, 2.05) is 31.2 Å². The van der Waals surface area contributed by atoms with Gasteiger partial charge in [-0.15, -0.1) is 11.3 Å². The Morgan fingerprint density at radius 3 is 2.79 bits per heavy atom. The third-order valence-electron chi connectivity index (χ3n) is 5.94. The third-order valence-corrected chi connectivity index (χ3v) is 7.07. The van der Waals surface area contributed by atoms with Crippen molar-refractivity contribution < 1.29 is 18.8 Å². The molecule has 0 aliphatic carbocycles. The van der Waals surface area contributed by atoms with Gasteiger partial charge in [0.1, 0.15) is 21.5 Å². The van der Waals surface area contributed by atoms with Crippen LogP contribution in [0.15, 0.2) is 35.0 Å². The molecule has 0 aliphatic rings. The van der Waals surface area contributed by atoms with Gasteiger partial charge in [-0.05, 0) is 50.2 Å². The van der Waals surface area contributed by atoms with Crippen molar-refractivity contribution in [1.29, 1.82) is 0 Å². The van der Waals surface area contributed by atoms with Gasteiger partial charge in [-0.3, -0.25) is 4.79 Å². The first-order chi connectivity index (χ1) is 18.4. The standard InChI is InChI=1S/C27H32N6O4S/c1-4-12-36-27(35)24-16(2)30-23(38-24)15-21(34)14-20(6-5-10-28)32-26-22-13-19(25-31-17(3)37-33-25)8-7-18(22)9-11-29-26/h7-9,11,13,20H,4-6,10,12,14-15,28H2,1-3H3,(H,29,32)/t20-/m0/s1. The Morgan fingerprint density at radius 2 is 2.05 bits per heavy atom. The average Bonchev–Trinajstić information content (AvgIpc) is 3.50. The van der Waals surface area contributed by atoms with Gasteiger partial charge in [0.2, 0.25) is 11.7 Å². The summed E-state index contributed by atoms with van der Waals surface area (Å²) in [7, 11) is 0. The minimum Gasteiger partial charge on any atom is -0.461 e. The molecule has 0 spiro atoms. The highest BCUT2D eigenvalue weighted by molar-refractivity contribution is 7.13. The number of nitrogens with one attached hydrogen (secondary N) is 1. The van der Waals surface area contributed by atoms with Crippen LogP contribution >= 0.6 is 11.3 Å². The predicted molar refractivity (Wildman–Crippen MR) is 146 cm³/mol. The van der Waals surface area contributed by atoms with Crippen molar-refractivity contribution in [3.05, 3.63) is 51.9 Å². The minimum absolute atomic E-state index is 0.0185. The summed E-state index contributed by atoms with van der Waals surface area (Å²) in [5, 5.41) is 9.99. The second-order valence-electron chi connectivity index (χ2n) is 9.08. The second-order valence-corrected chi connectivity index (χ2v) is 10.2. The van der Waals surface area contributed by atoms with E-state index in [0.717, 1.165) is 29.2 Å². The second kappa shape index (κ2) is 12.7. The molecule has 11 heteroatoms. The summed E-state index contributed by atoms with van der Waals surface area (Å²) in [5.74, 6) is 1.30. The molecule has 0 saturated carbocycles. The van der Waals surface area contributed by atoms with Crippen LogP contribution in [0.1, 0.15) is 58.9 Å². The van der Waals surface area contributed by atoms with Crippen LogP contribution in [0.2, 0.25) is 0 Å². The Hall–Kier alpha value is -3.70. The van der Waals surface area contributed by atoms with Crippen LogP contribution in [0.4, 0.5) is 5.82 Å². The predicted octanol–water partition coefficient (Wildman–Crippen LogP) is 4.65. The Kier molecular flexibility index (Phi) is 9.14. The Balaban J connectivity index is 1.50. The number of anilines is 1.